The van der Waals surface area contributed by atoms with Crippen LogP contribution < -0.4 is 0 Å². The molecular weight excluding hydrogens is 362 g/mol. The molecule has 1 N–H and O–H groups in total. The highest BCUT2D eigenvalue weighted by Gasteiger charge is 2.27. The summed E-state index contributed by atoms with van der Waals surface area (Å²) in [6.07, 6.45) is 4.53. The van der Waals surface area contributed by atoms with Gasteiger partial charge in [0.15, 0.2) is 5.16 Å². The van der Waals surface area contributed by atoms with Gasteiger partial charge in [0.25, 0.3) is 0 Å². The van der Waals surface area contributed by atoms with Crippen molar-refractivity contribution in [1.29, 1.82) is 0 Å². The summed E-state index contributed by atoms with van der Waals surface area (Å²) in [5.41, 5.74) is 2.08. The summed E-state index contributed by atoms with van der Waals surface area (Å²) in [6.45, 7) is 4.16. The van der Waals surface area contributed by atoms with E-state index in [1.165, 1.54) is 24.6 Å². The van der Waals surface area contributed by atoms with Crippen molar-refractivity contribution < 1.29 is 14.7 Å². The number of carbonyl (C=O) groups is 2. The number of aryl methyl sites for hydroxylation is 1. The Morgan fingerprint density at radius 3 is 2.67 bits per heavy atom. The Hall–Kier alpha value is -2.02. The first-order valence-electron chi connectivity index (χ1n) is 9.68. The maximum Gasteiger partial charge on any atom is 0.306 e. The lowest BCUT2D eigenvalue weighted by Gasteiger charge is -2.30. The van der Waals surface area contributed by atoms with Crippen LogP contribution in [-0.2, 0) is 16.1 Å². The van der Waals surface area contributed by atoms with Gasteiger partial charge in [0.1, 0.15) is 0 Å². The fourth-order valence-corrected chi connectivity index (χ4v) is 4.44. The Labute approximate surface area is 163 Å². The first kappa shape index (κ1) is 19.7. The third-order valence-corrected chi connectivity index (χ3v) is 6.09. The van der Waals surface area contributed by atoms with Crippen molar-refractivity contribution in [2.75, 3.05) is 18.8 Å². The number of carbonyl (C=O) groups excluding carboxylic acids is 1. The summed E-state index contributed by atoms with van der Waals surface area (Å²) in [5.74, 6) is -0.660. The first-order valence-corrected chi connectivity index (χ1v) is 10.7. The van der Waals surface area contributed by atoms with Crippen LogP contribution in [0.15, 0.2) is 29.4 Å². The number of imidazole rings is 1. The number of aliphatic carboxylic acids is 1. The molecular formula is C20H27N3O3S. The normalized spacial score (nSPS) is 15.4. The minimum Gasteiger partial charge on any atom is -0.481 e. The van der Waals surface area contributed by atoms with Crippen molar-refractivity contribution in [3.05, 3.63) is 24.3 Å². The van der Waals surface area contributed by atoms with E-state index in [9.17, 15) is 9.59 Å². The number of thioether (sulfide) groups is 1. The minimum atomic E-state index is -0.753. The van der Waals surface area contributed by atoms with Gasteiger partial charge in [-0.1, -0.05) is 43.7 Å². The molecule has 1 aromatic heterocycles. The zero-order valence-corrected chi connectivity index (χ0v) is 16.6. The Morgan fingerprint density at radius 2 is 1.96 bits per heavy atom. The van der Waals surface area contributed by atoms with E-state index in [4.69, 9.17) is 10.1 Å². The number of unbranched alkanes of at least 4 members (excludes halogenated alkanes) is 2. The van der Waals surface area contributed by atoms with Gasteiger partial charge in [0, 0.05) is 19.6 Å². The van der Waals surface area contributed by atoms with Crippen molar-refractivity contribution in [3.8, 4) is 0 Å². The van der Waals surface area contributed by atoms with Crippen LogP contribution in [0.25, 0.3) is 11.0 Å². The van der Waals surface area contributed by atoms with Gasteiger partial charge in [-0.2, -0.15) is 0 Å². The predicted octanol–water partition coefficient (Wildman–Crippen LogP) is 3.64. The number of likely N-dealkylation sites (tertiary alicyclic amines) is 1. The second-order valence-electron chi connectivity index (χ2n) is 7.02. The Bertz CT molecular complexity index is 797. The molecule has 146 valence electrons. The van der Waals surface area contributed by atoms with Crippen LogP contribution in [0.5, 0.6) is 0 Å². The molecule has 0 aliphatic carbocycles. The summed E-state index contributed by atoms with van der Waals surface area (Å²) >= 11 is 1.48. The van der Waals surface area contributed by atoms with E-state index in [1.807, 2.05) is 18.2 Å². The molecule has 27 heavy (non-hydrogen) atoms. The third-order valence-electron chi connectivity index (χ3n) is 5.13. The molecule has 0 bridgehead atoms. The standard InChI is InChI=1S/C20H27N3O3S/c1-2-3-6-11-23-17-8-5-4-7-16(17)21-20(23)27-14-18(24)22-12-9-15(10-13-22)19(25)26/h4-5,7-8,15H,2-3,6,9-14H2,1H3,(H,25,26). The number of hydrogen-bond donors (Lipinski definition) is 1. The van der Waals surface area contributed by atoms with Crippen molar-refractivity contribution in [1.82, 2.24) is 14.5 Å². The number of benzene rings is 1. The number of hydrogen-bond acceptors (Lipinski definition) is 4. The number of amides is 1. The smallest absolute Gasteiger partial charge is 0.306 e. The molecule has 2 aromatic rings. The van der Waals surface area contributed by atoms with Gasteiger partial charge in [-0.25, -0.2) is 4.98 Å². The van der Waals surface area contributed by atoms with Crippen LogP contribution in [0.4, 0.5) is 0 Å². The van der Waals surface area contributed by atoms with Gasteiger partial charge in [0.05, 0.1) is 22.7 Å². The molecule has 1 saturated heterocycles. The van der Waals surface area contributed by atoms with E-state index in [0.717, 1.165) is 29.2 Å². The fraction of sp³-hybridized carbons (Fsp3) is 0.550. The quantitative estimate of drug-likeness (QED) is 0.551. The van der Waals surface area contributed by atoms with Crippen molar-refractivity contribution in [2.24, 2.45) is 5.92 Å². The molecule has 0 unspecified atom stereocenters. The summed E-state index contributed by atoms with van der Waals surface area (Å²) in [7, 11) is 0. The van der Waals surface area contributed by atoms with Crippen LogP contribution in [0.2, 0.25) is 0 Å². The summed E-state index contributed by atoms with van der Waals surface area (Å²) in [4.78, 5) is 30.1. The lowest BCUT2D eigenvalue weighted by atomic mass is 9.97. The molecule has 3 rings (SSSR count). The van der Waals surface area contributed by atoms with Gasteiger partial charge < -0.3 is 14.6 Å². The maximum absolute atomic E-state index is 12.6. The van der Waals surface area contributed by atoms with Crippen LogP contribution >= 0.6 is 11.8 Å². The van der Waals surface area contributed by atoms with Gasteiger partial charge in [-0.05, 0) is 31.4 Å². The molecule has 1 aromatic carbocycles. The topological polar surface area (TPSA) is 75.4 Å². The lowest BCUT2D eigenvalue weighted by Crippen LogP contribution is -2.41. The number of nitrogens with zero attached hydrogens (tertiary/aromatic N) is 3. The number of piperidine rings is 1. The maximum atomic E-state index is 12.6. The van der Waals surface area contributed by atoms with Crippen LogP contribution in [-0.4, -0.2) is 50.3 Å². The van der Waals surface area contributed by atoms with Gasteiger partial charge in [-0.3, -0.25) is 9.59 Å². The summed E-state index contributed by atoms with van der Waals surface area (Å²) in [5, 5.41) is 9.97. The second-order valence-corrected chi connectivity index (χ2v) is 7.97. The van der Waals surface area contributed by atoms with E-state index in [-0.39, 0.29) is 11.8 Å². The van der Waals surface area contributed by atoms with Gasteiger partial charge in [-0.15, -0.1) is 0 Å². The van der Waals surface area contributed by atoms with E-state index in [2.05, 4.69) is 17.6 Å². The first-order chi connectivity index (χ1) is 13.1. The highest BCUT2D eigenvalue weighted by atomic mass is 32.2. The predicted molar refractivity (Wildman–Crippen MR) is 107 cm³/mol. The van der Waals surface area contributed by atoms with Crippen molar-refractivity contribution in [3.63, 3.8) is 0 Å². The van der Waals surface area contributed by atoms with E-state index >= 15 is 0 Å². The molecule has 1 aliphatic rings. The van der Waals surface area contributed by atoms with Crippen molar-refractivity contribution in [2.45, 2.75) is 50.7 Å². The number of aromatic nitrogens is 2. The number of fused-ring (bicyclic) bond motifs is 1. The highest BCUT2D eigenvalue weighted by molar-refractivity contribution is 7.99. The van der Waals surface area contributed by atoms with Crippen LogP contribution in [0.3, 0.4) is 0 Å². The zero-order chi connectivity index (χ0) is 19.2. The number of para-hydroxylation sites is 2. The SMILES string of the molecule is CCCCCn1c(SCC(=O)N2CCC(C(=O)O)CC2)nc2ccccc21. The summed E-state index contributed by atoms with van der Waals surface area (Å²) < 4.78 is 2.22. The molecule has 0 atom stereocenters. The molecule has 1 aliphatic heterocycles. The molecule has 6 nitrogen and oxygen atoms in total. The zero-order valence-electron chi connectivity index (χ0n) is 15.8. The van der Waals surface area contributed by atoms with E-state index in [0.29, 0.717) is 31.7 Å². The number of carboxylic acid groups (broad SMARTS) is 1. The Balaban J connectivity index is 1.63. The Morgan fingerprint density at radius 1 is 1.22 bits per heavy atom. The summed E-state index contributed by atoms with van der Waals surface area (Å²) in [6, 6.07) is 8.09. The molecule has 7 heteroatoms. The molecule has 0 radical (unpaired) electrons. The monoisotopic (exact) mass is 389 g/mol. The number of rotatable bonds is 8. The Kier molecular flexibility index (Phi) is 6.77. The van der Waals surface area contributed by atoms with Gasteiger partial charge in [0.2, 0.25) is 5.91 Å². The largest absolute Gasteiger partial charge is 0.481 e. The fourth-order valence-electron chi connectivity index (χ4n) is 3.49. The molecule has 1 fully saturated rings. The molecule has 0 spiro atoms. The van der Waals surface area contributed by atoms with Crippen LogP contribution in [0, 0.1) is 5.92 Å². The molecule has 2 heterocycles. The van der Waals surface area contributed by atoms with Crippen molar-refractivity contribution >= 4 is 34.7 Å². The third kappa shape index (κ3) is 4.83. The molecule has 1 amide bonds. The minimum absolute atomic E-state index is 0.0657. The average Bonchev–Trinajstić information content (AvgIpc) is 3.04. The average molecular weight is 390 g/mol. The van der Waals surface area contributed by atoms with Crippen LogP contribution in [0.1, 0.15) is 39.0 Å². The lowest BCUT2D eigenvalue weighted by molar-refractivity contribution is -0.145. The molecule has 0 saturated carbocycles. The highest BCUT2D eigenvalue weighted by Crippen LogP contribution is 2.26. The number of carboxylic acids is 1. The second kappa shape index (κ2) is 9.26. The van der Waals surface area contributed by atoms with E-state index < -0.39 is 5.97 Å². The van der Waals surface area contributed by atoms with Gasteiger partial charge >= 0.3 is 5.97 Å². The van der Waals surface area contributed by atoms with E-state index in [1.54, 1.807) is 4.90 Å².